The molecule has 2 aromatic rings. The number of ether oxygens (including phenoxy) is 1. The highest BCUT2D eigenvalue weighted by Gasteiger charge is 2.26. The molecule has 0 spiro atoms. The van der Waals surface area contributed by atoms with Gasteiger partial charge in [-0.1, -0.05) is 23.7 Å². The molecule has 2 aromatic carbocycles. The minimum Gasteiger partial charge on any atom is -0.484 e. The Morgan fingerprint density at radius 3 is 2.41 bits per heavy atom. The average molecular weight is 419 g/mol. The molecule has 1 fully saturated rings. The SMILES string of the molecule is Cc1cc(OCC(=O)NC2CCN(C(=O)c3ccccc3F)CC2)cc(C)c1Cl. The lowest BCUT2D eigenvalue weighted by Gasteiger charge is -2.32. The van der Waals surface area contributed by atoms with Crippen LogP contribution in [0.3, 0.4) is 0 Å². The number of halogens is 2. The van der Waals surface area contributed by atoms with Crippen molar-refractivity contribution in [2.45, 2.75) is 32.7 Å². The summed E-state index contributed by atoms with van der Waals surface area (Å²) >= 11 is 6.14. The van der Waals surface area contributed by atoms with Crippen LogP contribution in [0, 0.1) is 19.7 Å². The van der Waals surface area contributed by atoms with Crippen LogP contribution < -0.4 is 10.1 Å². The highest BCUT2D eigenvalue weighted by atomic mass is 35.5. The molecule has 0 saturated carbocycles. The summed E-state index contributed by atoms with van der Waals surface area (Å²) in [6.45, 7) is 4.62. The second-order valence-electron chi connectivity index (χ2n) is 7.27. The third kappa shape index (κ3) is 5.26. The molecule has 0 atom stereocenters. The molecule has 1 aliphatic rings. The molecule has 0 aromatic heterocycles. The summed E-state index contributed by atoms with van der Waals surface area (Å²) < 4.78 is 19.4. The summed E-state index contributed by atoms with van der Waals surface area (Å²) in [6.07, 6.45) is 1.23. The van der Waals surface area contributed by atoms with E-state index in [1.807, 2.05) is 13.8 Å². The summed E-state index contributed by atoms with van der Waals surface area (Å²) in [4.78, 5) is 26.3. The Morgan fingerprint density at radius 1 is 1.17 bits per heavy atom. The van der Waals surface area contributed by atoms with Crippen molar-refractivity contribution < 1.29 is 18.7 Å². The standard InChI is InChI=1S/C22H24ClFN2O3/c1-14-11-17(12-15(2)21(14)23)29-13-20(27)25-16-7-9-26(10-8-16)22(28)18-5-3-4-6-19(18)24/h3-6,11-12,16H,7-10,13H2,1-2H3,(H,25,27). The van der Waals surface area contributed by atoms with Gasteiger partial charge < -0.3 is 15.0 Å². The number of amides is 2. The molecule has 3 rings (SSSR count). The van der Waals surface area contributed by atoms with Gasteiger partial charge in [-0.05, 0) is 62.1 Å². The molecule has 154 valence electrons. The van der Waals surface area contributed by atoms with Gasteiger partial charge in [0.2, 0.25) is 0 Å². The molecule has 0 bridgehead atoms. The van der Waals surface area contributed by atoms with Gasteiger partial charge in [-0.15, -0.1) is 0 Å². The van der Waals surface area contributed by atoms with Crippen LogP contribution in [0.1, 0.15) is 34.3 Å². The molecule has 29 heavy (non-hydrogen) atoms. The van der Waals surface area contributed by atoms with E-state index in [0.717, 1.165) is 11.1 Å². The number of hydrogen-bond acceptors (Lipinski definition) is 3. The van der Waals surface area contributed by atoms with E-state index in [1.165, 1.54) is 12.1 Å². The predicted molar refractivity (Wildman–Crippen MR) is 110 cm³/mol. The first kappa shape index (κ1) is 21.1. The maximum Gasteiger partial charge on any atom is 0.258 e. The number of rotatable bonds is 5. The van der Waals surface area contributed by atoms with Crippen molar-refractivity contribution >= 4 is 23.4 Å². The van der Waals surface area contributed by atoms with Gasteiger partial charge in [0.15, 0.2) is 6.61 Å². The molecule has 1 heterocycles. The molecular weight excluding hydrogens is 395 g/mol. The van der Waals surface area contributed by atoms with Gasteiger partial charge in [-0.25, -0.2) is 4.39 Å². The molecular formula is C22H24ClFN2O3. The van der Waals surface area contributed by atoms with Gasteiger partial charge in [-0.3, -0.25) is 9.59 Å². The number of aryl methyl sites for hydroxylation is 2. The number of carbonyl (C=O) groups excluding carboxylic acids is 2. The fraction of sp³-hybridized carbons (Fsp3) is 0.364. The molecule has 1 aliphatic heterocycles. The van der Waals surface area contributed by atoms with E-state index in [-0.39, 0.29) is 30.0 Å². The van der Waals surface area contributed by atoms with E-state index in [0.29, 0.717) is 36.7 Å². The summed E-state index contributed by atoms with van der Waals surface area (Å²) in [6, 6.07) is 9.54. The van der Waals surface area contributed by atoms with Crippen molar-refractivity contribution in [2.75, 3.05) is 19.7 Å². The Balaban J connectivity index is 1.46. The van der Waals surface area contributed by atoms with Crippen LogP contribution in [0.4, 0.5) is 4.39 Å². The fourth-order valence-corrected chi connectivity index (χ4v) is 3.55. The molecule has 5 nitrogen and oxygen atoms in total. The van der Waals surface area contributed by atoms with Crippen LogP contribution >= 0.6 is 11.6 Å². The normalized spacial score (nSPS) is 14.6. The summed E-state index contributed by atoms with van der Waals surface area (Å²) in [5, 5.41) is 3.63. The number of nitrogens with one attached hydrogen (secondary N) is 1. The number of hydrogen-bond donors (Lipinski definition) is 1. The highest BCUT2D eigenvalue weighted by molar-refractivity contribution is 6.32. The average Bonchev–Trinajstić information content (AvgIpc) is 2.71. The first-order valence-electron chi connectivity index (χ1n) is 9.58. The lowest BCUT2D eigenvalue weighted by atomic mass is 10.0. The second kappa shape index (κ2) is 9.27. The molecule has 0 aliphatic carbocycles. The molecule has 2 amide bonds. The van der Waals surface area contributed by atoms with Crippen molar-refractivity contribution in [2.24, 2.45) is 0 Å². The summed E-state index contributed by atoms with van der Waals surface area (Å²) in [5.74, 6) is -0.443. The number of carbonyl (C=O) groups is 2. The minimum absolute atomic E-state index is 0.0375. The highest BCUT2D eigenvalue weighted by Crippen LogP contribution is 2.25. The van der Waals surface area contributed by atoms with Crippen LogP contribution in [0.15, 0.2) is 36.4 Å². The first-order valence-corrected chi connectivity index (χ1v) is 9.95. The quantitative estimate of drug-likeness (QED) is 0.801. The summed E-state index contributed by atoms with van der Waals surface area (Å²) in [5.41, 5.74) is 1.87. The van der Waals surface area contributed by atoms with E-state index >= 15 is 0 Å². The Labute approximate surface area is 174 Å². The smallest absolute Gasteiger partial charge is 0.258 e. The molecule has 0 radical (unpaired) electrons. The third-order valence-electron chi connectivity index (χ3n) is 5.03. The van der Waals surface area contributed by atoms with Crippen LogP contribution in [-0.2, 0) is 4.79 Å². The van der Waals surface area contributed by atoms with Crippen LogP contribution in [0.25, 0.3) is 0 Å². The van der Waals surface area contributed by atoms with Gasteiger partial charge in [0.05, 0.1) is 5.56 Å². The lowest BCUT2D eigenvalue weighted by Crippen LogP contribution is -2.47. The zero-order chi connectivity index (χ0) is 21.0. The predicted octanol–water partition coefficient (Wildman–Crippen LogP) is 3.90. The van der Waals surface area contributed by atoms with Gasteiger partial charge in [-0.2, -0.15) is 0 Å². The molecule has 0 unspecified atom stereocenters. The monoisotopic (exact) mass is 418 g/mol. The van der Waals surface area contributed by atoms with Crippen molar-refractivity contribution in [1.29, 1.82) is 0 Å². The minimum atomic E-state index is -0.516. The maximum atomic E-state index is 13.8. The zero-order valence-corrected chi connectivity index (χ0v) is 17.3. The second-order valence-corrected chi connectivity index (χ2v) is 7.65. The van der Waals surface area contributed by atoms with Crippen molar-refractivity contribution in [3.05, 3.63) is 63.9 Å². The topological polar surface area (TPSA) is 58.6 Å². The molecule has 7 heteroatoms. The van der Waals surface area contributed by atoms with E-state index in [9.17, 15) is 14.0 Å². The van der Waals surface area contributed by atoms with E-state index in [1.54, 1.807) is 29.2 Å². The maximum absolute atomic E-state index is 13.8. The number of piperidine rings is 1. The van der Waals surface area contributed by atoms with Crippen molar-refractivity contribution in [1.82, 2.24) is 10.2 Å². The fourth-order valence-electron chi connectivity index (χ4n) is 3.44. The summed E-state index contributed by atoms with van der Waals surface area (Å²) in [7, 11) is 0. The molecule has 1 N–H and O–H groups in total. The van der Waals surface area contributed by atoms with E-state index < -0.39 is 5.82 Å². The van der Waals surface area contributed by atoms with Gasteiger partial charge in [0.25, 0.3) is 11.8 Å². The van der Waals surface area contributed by atoms with Crippen LogP contribution in [0.5, 0.6) is 5.75 Å². The van der Waals surface area contributed by atoms with Gasteiger partial charge in [0.1, 0.15) is 11.6 Å². The number of likely N-dealkylation sites (tertiary alicyclic amines) is 1. The van der Waals surface area contributed by atoms with Crippen molar-refractivity contribution in [3.8, 4) is 5.75 Å². The Morgan fingerprint density at radius 2 is 1.79 bits per heavy atom. The lowest BCUT2D eigenvalue weighted by molar-refractivity contribution is -0.124. The van der Waals surface area contributed by atoms with E-state index in [2.05, 4.69) is 5.32 Å². The van der Waals surface area contributed by atoms with Gasteiger partial charge >= 0.3 is 0 Å². The first-order chi connectivity index (χ1) is 13.8. The number of benzene rings is 2. The van der Waals surface area contributed by atoms with Crippen LogP contribution in [0.2, 0.25) is 5.02 Å². The number of nitrogens with zero attached hydrogens (tertiary/aromatic N) is 1. The Hall–Kier alpha value is -2.60. The Kier molecular flexibility index (Phi) is 6.75. The largest absolute Gasteiger partial charge is 0.484 e. The van der Waals surface area contributed by atoms with Gasteiger partial charge in [0, 0.05) is 24.2 Å². The molecule has 1 saturated heterocycles. The van der Waals surface area contributed by atoms with E-state index in [4.69, 9.17) is 16.3 Å². The Bertz CT molecular complexity index is 888. The van der Waals surface area contributed by atoms with Crippen molar-refractivity contribution in [3.63, 3.8) is 0 Å². The third-order valence-corrected chi connectivity index (χ3v) is 5.63. The van der Waals surface area contributed by atoms with Crippen LogP contribution in [-0.4, -0.2) is 42.5 Å². The zero-order valence-electron chi connectivity index (χ0n) is 16.5.